The first-order valence-corrected chi connectivity index (χ1v) is 11.9. The zero-order valence-electron chi connectivity index (χ0n) is 21.8. The van der Waals surface area contributed by atoms with E-state index in [0.29, 0.717) is 5.92 Å². The first-order valence-electron chi connectivity index (χ1n) is 11.9. The van der Waals surface area contributed by atoms with E-state index in [2.05, 4.69) is 24.5 Å². The van der Waals surface area contributed by atoms with Crippen molar-refractivity contribution in [3.8, 4) is 0 Å². The molecule has 7 heteroatoms. The van der Waals surface area contributed by atoms with Crippen molar-refractivity contribution >= 4 is 17.9 Å². The van der Waals surface area contributed by atoms with Gasteiger partial charge in [-0.15, -0.1) is 0 Å². The van der Waals surface area contributed by atoms with E-state index in [1.807, 2.05) is 51.1 Å². The molecule has 0 saturated heterocycles. The fourth-order valence-electron chi connectivity index (χ4n) is 3.52. The van der Waals surface area contributed by atoms with Crippen LogP contribution in [0.5, 0.6) is 0 Å². The number of rotatable bonds is 10. The Bertz CT molecular complexity index is 771. The molecule has 0 aliphatic rings. The van der Waals surface area contributed by atoms with Crippen LogP contribution >= 0.6 is 0 Å². The predicted molar refractivity (Wildman–Crippen MR) is 132 cm³/mol. The molecule has 0 spiro atoms. The molecule has 3 unspecified atom stereocenters. The molecule has 0 aliphatic carbocycles. The van der Waals surface area contributed by atoms with Gasteiger partial charge in [0.1, 0.15) is 17.7 Å². The maximum Gasteiger partial charge on any atom is 0.408 e. The van der Waals surface area contributed by atoms with Crippen molar-refractivity contribution in [2.45, 2.75) is 105 Å². The van der Waals surface area contributed by atoms with Gasteiger partial charge in [-0.2, -0.15) is 0 Å². The maximum atomic E-state index is 13.7. The number of amides is 3. The lowest BCUT2D eigenvalue weighted by Crippen LogP contribution is -2.55. The number of hydrogen-bond donors (Lipinski definition) is 2. The summed E-state index contributed by atoms with van der Waals surface area (Å²) in [6, 6.07) is 7.32. The molecule has 1 rings (SSSR count). The molecule has 0 bridgehead atoms. The van der Waals surface area contributed by atoms with Crippen LogP contribution in [-0.2, 0) is 14.3 Å². The highest BCUT2D eigenvalue weighted by molar-refractivity contribution is 5.92. The van der Waals surface area contributed by atoms with Crippen LogP contribution in [0.3, 0.4) is 0 Å². The Hall–Kier alpha value is -2.57. The number of carbonyl (C=O) groups excluding carboxylic acids is 3. The maximum absolute atomic E-state index is 13.7. The molecule has 3 amide bonds. The van der Waals surface area contributed by atoms with E-state index in [-0.39, 0.29) is 23.9 Å². The van der Waals surface area contributed by atoms with Gasteiger partial charge in [0.05, 0.1) is 0 Å². The fraction of sp³-hybridized carbons (Fsp3) is 0.654. The summed E-state index contributed by atoms with van der Waals surface area (Å²) in [6.07, 6.45) is 0.980. The highest BCUT2D eigenvalue weighted by atomic mass is 16.6. The summed E-state index contributed by atoms with van der Waals surface area (Å²) in [5.41, 5.74) is 0.0470. The van der Waals surface area contributed by atoms with Gasteiger partial charge in [0.2, 0.25) is 11.8 Å². The summed E-state index contributed by atoms with van der Waals surface area (Å²) in [4.78, 5) is 41.0. The van der Waals surface area contributed by atoms with Crippen LogP contribution in [0.25, 0.3) is 0 Å². The van der Waals surface area contributed by atoms with Crippen LogP contribution in [0.4, 0.5) is 4.79 Å². The number of hydrogen-bond acceptors (Lipinski definition) is 4. The number of ether oxygens (including phenoxy) is 1. The molecule has 186 valence electrons. The molecule has 7 nitrogen and oxygen atoms in total. The standard InChI is InChI=1S/C26H43N3O4/c1-17(2)15-16-19(5)29(24(31)20(6)28-25(32)33-26(7,8)9)22(23(30)27-18(3)4)21-13-11-10-12-14-21/h10-14,17-20,22H,15-16H2,1-9H3,(H,27,30)(H,28,32). The summed E-state index contributed by atoms with van der Waals surface area (Å²) in [5.74, 6) is -0.114. The zero-order chi connectivity index (χ0) is 25.3. The normalized spacial score (nSPS) is 14.4. The zero-order valence-corrected chi connectivity index (χ0v) is 21.8. The Kier molecular flexibility index (Phi) is 10.9. The van der Waals surface area contributed by atoms with Gasteiger partial charge in [-0.1, -0.05) is 44.2 Å². The van der Waals surface area contributed by atoms with Crippen LogP contribution in [0.15, 0.2) is 30.3 Å². The van der Waals surface area contributed by atoms with Gasteiger partial charge in [0, 0.05) is 12.1 Å². The number of alkyl carbamates (subject to hydrolysis) is 1. The van der Waals surface area contributed by atoms with Crippen molar-refractivity contribution in [1.82, 2.24) is 15.5 Å². The molecule has 1 aromatic rings. The van der Waals surface area contributed by atoms with Gasteiger partial charge in [0.15, 0.2) is 0 Å². The monoisotopic (exact) mass is 461 g/mol. The lowest BCUT2D eigenvalue weighted by molar-refractivity contribution is -0.145. The lowest BCUT2D eigenvalue weighted by Gasteiger charge is -2.38. The number of carbonyl (C=O) groups is 3. The van der Waals surface area contributed by atoms with Crippen molar-refractivity contribution < 1.29 is 19.1 Å². The van der Waals surface area contributed by atoms with E-state index in [0.717, 1.165) is 18.4 Å². The molecule has 0 saturated carbocycles. The quantitative estimate of drug-likeness (QED) is 0.523. The first kappa shape index (κ1) is 28.5. The number of nitrogens with one attached hydrogen (secondary N) is 2. The third-order valence-electron chi connectivity index (χ3n) is 5.07. The molecule has 0 aromatic heterocycles. The van der Waals surface area contributed by atoms with Gasteiger partial charge < -0.3 is 20.3 Å². The molecular weight excluding hydrogens is 418 g/mol. The van der Waals surface area contributed by atoms with Gasteiger partial charge in [0.25, 0.3) is 0 Å². The van der Waals surface area contributed by atoms with Gasteiger partial charge >= 0.3 is 6.09 Å². The molecule has 3 atom stereocenters. The number of benzene rings is 1. The molecule has 0 radical (unpaired) electrons. The first-order chi connectivity index (χ1) is 15.2. The average Bonchev–Trinajstić information content (AvgIpc) is 2.68. The Morgan fingerprint density at radius 2 is 1.48 bits per heavy atom. The van der Waals surface area contributed by atoms with E-state index in [1.165, 1.54) is 0 Å². The molecule has 0 fully saturated rings. The fourth-order valence-corrected chi connectivity index (χ4v) is 3.52. The molecular formula is C26H43N3O4. The largest absolute Gasteiger partial charge is 0.444 e. The Morgan fingerprint density at radius 1 is 0.909 bits per heavy atom. The Balaban J connectivity index is 3.34. The van der Waals surface area contributed by atoms with E-state index >= 15 is 0 Å². The van der Waals surface area contributed by atoms with Crippen molar-refractivity contribution in [3.05, 3.63) is 35.9 Å². The Labute approximate surface area is 199 Å². The van der Waals surface area contributed by atoms with Crippen LogP contribution < -0.4 is 10.6 Å². The van der Waals surface area contributed by atoms with Crippen LogP contribution in [0, 0.1) is 5.92 Å². The van der Waals surface area contributed by atoms with Crippen LogP contribution in [0.2, 0.25) is 0 Å². The minimum absolute atomic E-state index is 0.0797. The lowest BCUT2D eigenvalue weighted by atomic mass is 9.97. The van der Waals surface area contributed by atoms with Crippen molar-refractivity contribution in [3.63, 3.8) is 0 Å². The summed E-state index contributed by atoms with van der Waals surface area (Å²) in [7, 11) is 0. The molecule has 0 heterocycles. The van der Waals surface area contributed by atoms with E-state index < -0.39 is 23.8 Å². The van der Waals surface area contributed by atoms with E-state index in [4.69, 9.17) is 4.74 Å². The minimum Gasteiger partial charge on any atom is -0.444 e. The summed E-state index contributed by atoms with van der Waals surface area (Å²) < 4.78 is 5.32. The smallest absolute Gasteiger partial charge is 0.408 e. The highest BCUT2D eigenvalue weighted by Crippen LogP contribution is 2.27. The molecule has 33 heavy (non-hydrogen) atoms. The number of nitrogens with zero attached hydrogens (tertiary/aromatic N) is 1. The highest BCUT2D eigenvalue weighted by Gasteiger charge is 2.37. The average molecular weight is 462 g/mol. The van der Waals surface area contributed by atoms with Crippen molar-refractivity contribution in [2.75, 3.05) is 0 Å². The van der Waals surface area contributed by atoms with Crippen molar-refractivity contribution in [2.24, 2.45) is 5.92 Å². The van der Waals surface area contributed by atoms with Gasteiger partial charge in [-0.05, 0) is 72.8 Å². The molecule has 0 aliphatic heterocycles. The van der Waals surface area contributed by atoms with Crippen LogP contribution in [0.1, 0.15) is 86.8 Å². The predicted octanol–water partition coefficient (Wildman–Crippen LogP) is 4.82. The third-order valence-corrected chi connectivity index (χ3v) is 5.07. The topological polar surface area (TPSA) is 87.7 Å². The van der Waals surface area contributed by atoms with Gasteiger partial charge in [-0.3, -0.25) is 9.59 Å². The second-order valence-electron chi connectivity index (χ2n) is 10.4. The molecule has 2 N–H and O–H groups in total. The third kappa shape index (κ3) is 9.84. The minimum atomic E-state index is -0.862. The second-order valence-corrected chi connectivity index (χ2v) is 10.4. The summed E-state index contributed by atoms with van der Waals surface area (Å²) in [6.45, 7) is 16.9. The summed E-state index contributed by atoms with van der Waals surface area (Å²) >= 11 is 0. The SMILES string of the molecule is CC(C)CCC(C)N(C(=O)C(C)NC(=O)OC(C)(C)C)C(C(=O)NC(C)C)c1ccccc1. The van der Waals surface area contributed by atoms with E-state index in [1.54, 1.807) is 32.6 Å². The molecule has 1 aromatic carbocycles. The van der Waals surface area contributed by atoms with Crippen LogP contribution in [-0.4, -0.2) is 46.5 Å². The Morgan fingerprint density at radius 3 is 1.97 bits per heavy atom. The van der Waals surface area contributed by atoms with Gasteiger partial charge in [-0.25, -0.2) is 4.79 Å². The van der Waals surface area contributed by atoms with Crippen molar-refractivity contribution in [1.29, 1.82) is 0 Å². The summed E-state index contributed by atoms with van der Waals surface area (Å²) in [5, 5.41) is 5.60. The van der Waals surface area contributed by atoms with E-state index in [9.17, 15) is 14.4 Å². The second kappa shape index (κ2) is 12.6.